The van der Waals surface area contributed by atoms with E-state index >= 15 is 0 Å². The molecule has 0 bridgehead atoms. The molecule has 2 aliphatic rings. The number of amides is 1. The largest absolute Gasteiger partial charge is 0.463 e. The number of fused-ring (bicyclic) bond motifs is 1. The molecule has 8 heteroatoms. The van der Waals surface area contributed by atoms with E-state index in [0.717, 1.165) is 22.2 Å². The third-order valence-corrected chi connectivity index (χ3v) is 6.48. The summed E-state index contributed by atoms with van der Waals surface area (Å²) in [5.41, 5.74) is 2.04. The summed E-state index contributed by atoms with van der Waals surface area (Å²) in [7, 11) is 0. The van der Waals surface area contributed by atoms with Crippen molar-refractivity contribution in [2.75, 3.05) is 6.61 Å². The highest BCUT2D eigenvalue weighted by Gasteiger charge is 2.41. The molecule has 1 aromatic heterocycles. The first-order valence-corrected chi connectivity index (χ1v) is 11.2. The van der Waals surface area contributed by atoms with E-state index in [1.165, 1.54) is 11.8 Å². The Morgan fingerprint density at radius 2 is 2.18 bits per heavy atom. The normalized spacial score (nSPS) is 19.7. The molecule has 0 aliphatic carbocycles. The fourth-order valence-electron chi connectivity index (χ4n) is 3.15. The Hall–Kier alpha value is -2.06. The van der Waals surface area contributed by atoms with E-state index in [2.05, 4.69) is 10.3 Å². The maximum absolute atomic E-state index is 12.7. The Morgan fingerprint density at radius 1 is 1.39 bits per heavy atom. The first-order valence-electron chi connectivity index (χ1n) is 9.40. The molecule has 150 valence electrons. The van der Waals surface area contributed by atoms with E-state index in [4.69, 9.17) is 4.74 Å². The molecule has 3 rings (SSSR count). The van der Waals surface area contributed by atoms with Gasteiger partial charge in [-0.25, -0.2) is 9.79 Å². The second-order valence-corrected chi connectivity index (χ2v) is 8.50. The average Bonchev–Trinajstić information content (AvgIpc) is 3.31. The van der Waals surface area contributed by atoms with Crippen molar-refractivity contribution in [3.63, 3.8) is 0 Å². The van der Waals surface area contributed by atoms with Gasteiger partial charge in [-0.2, -0.15) is 0 Å². The van der Waals surface area contributed by atoms with Gasteiger partial charge >= 0.3 is 5.97 Å². The molecular weight excluding hydrogens is 394 g/mol. The number of nitrogens with one attached hydrogen (secondary N) is 1. The highest BCUT2D eigenvalue weighted by atomic mass is 32.2. The van der Waals surface area contributed by atoms with Gasteiger partial charge < -0.3 is 15.0 Å². The van der Waals surface area contributed by atoms with Crippen molar-refractivity contribution in [2.24, 2.45) is 4.99 Å². The number of rotatable bonds is 7. The quantitative estimate of drug-likeness (QED) is 0.671. The minimum atomic E-state index is -0.360. The maximum Gasteiger partial charge on any atom is 0.338 e. The minimum absolute atomic E-state index is 0.0312. The molecule has 0 saturated heterocycles. The van der Waals surface area contributed by atoms with Gasteiger partial charge in [-0.05, 0) is 44.0 Å². The third kappa shape index (κ3) is 4.17. The Labute approximate surface area is 173 Å². The van der Waals surface area contributed by atoms with Crippen molar-refractivity contribution in [1.82, 2.24) is 10.2 Å². The van der Waals surface area contributed by atoms with Gasteiger partial charge in [-0.1, -0.05) is 24.8 Å². The molecule has 1 aromatic rings. The van der Waals surface area contributed by atoms with E-state index in [1.54, 1.807) is 18.3 Å². The summed E-state index contributed by atoms with van der Waals surface area (Å²) in [4.78, 5) is 32.9. The molecule has 28 heavy (non-hydrogen) atoms. The van der Waals surface area contributed by atoms with Crippen LogP contribution in [0.1, 0.15) is 51.5 Å². The van der Waals surface area contributed by atoms with Gasteiger partial charge in [-0.15, -0.1) is 11.3 Å². The molecule has 0 unspecified atom stereocenters. The highest BCUT2D eigenvalue weighted by molar-refractivity contribution is 8.16. The maximum atomic E-state index is 12.7. The first kappa shape index (κ1) is 20.7. The van der Waals surface area contributed by atoms with Crippen LogP contribution in [0.15, 0.2) is 44.9 Å². The lowest BCUT2D eigenvalue weighted by Crippen LogP contribution is -2.38. The molecule has 6 nitrogen and oxygen atoms in total. The molecule has 0 fully saturated rings. The third-order valence-electron chi connectivity index (χ3n) is 4.67. The summed E-state index contributed by atoms with van der Waals surface area (Å²) in [6.07, 6.45) is 1.12. The fourth-order valence-corrected chi connectivity index (χ4v) is 4.94. The van der Waals surface area contributed by atoms with Gasteiger partial charge in [0.15, 0.2) is 5.17 Å². The van der Waals surface area contributed by atoms with Crippen LogP contribution in [0.3, 0.4) is 0 Å². The smallest absolute Gasteiger partial charge is 0.338 e. The average molecular weight is 420 g/mol. The number of thiophene rings is 1. The van der Waals surface area contributed by atoms with Crippen LogP contribution in [-0.2, 0) is 14.3 Å². The van der Waals surface area contributed by atoms with Gasteiger partial charge in [-0.3, -0.25) is 4.79 Å². The van der Waals surface area contributed by atoms with Gasteiger partial charge in [0, 0.05) is 16.6 Å². The molecule has 2 aliphatic heterocycles. The number of thioether (sulfide) groups is 1. The Bertz CT molecular complexity index is 843. The summed E-state index contributed by atoms with van der Waals surface area (Å²) in [6.45, 7) is 7.96. The Morgan fingerprint density at radius 3 is 2.82 bits per heavy atom. The summed E-state index contributed by atoms with van der Waals surface area (Å²) in [6, 6.07) is 3.77. The Balaban J connectivity index is 1.94. The van der Waals surface area contributed by atoms with E-state index in [9.17, 15) is 9.59 Å². The number of carbonyl (C=O) groups is 2. The first-order chi connectivity index (χ1) is 13.5. The second kappa shape index (κ2) is 8.96. The number of ether oxygens (including phenoxy) is 1. The number of carbonyl (C=O) groups excluding carboxylic acids is 2. The number of allylic oxidation sites excluding steroid dienone is 1. The molecular formula is C20H25N3O3S2. The minimum Gasteiger partial charge on any atom is -0.463 e. The van der Waals surface area contributed by atoms with Crippen molar-refractivity contribution in [2.45, 2.75) is 52.6 Å². The van der Waals surface area contributed by atoms with E-state index in [-0.39, 0.29) is 30.4 Å². The number of aliphatic imine (C=N–C) groups is 1. The van der Waals surface area contributed by atoms with Crippen molar-refractivity contribution < 1.29 is 14.3 Å². The Kier molecular flexibility index (Phi) is 6.61. The molecule has 2 atom stereocenters. The predicted molar refractivity (Wildman–Crippen MR) is 114 cm³/mol. The molecule has 0 saturated carbocycles. The number of esters is 1. The van der Waals surface area contributed by atoms with Crippen LogP contribution in [0.2, 0.25) is 0 Å². The molecule has 3 heterocycles. The zero-order chi connectivity index (χ0) is 20.3. The number of hydrogen-bond acceptors (Lipinski definition) is 7. The van der Waals surface area contributed by atoms with Crippen LogP contribution in [0.4, 0.5) is 0 Å². The number of nitrogens with zero attached hydrogens (tertiary/aromatic N) is 2. The van der Waals surface area contributed by atoms with Crippen LogP contribution < -0.4 is 5.32 Å². The van der Waals surface area contributed by atoms with E-state index in [1.807, 2.05) is 48.6 Å². The second-order valence-electron chi connectivity index (χ2n) is 6.68. The number of hydrogen-bond donors (Lipinski definition) is 1. The summed E-state index contributed by atoms with van der Waals surface area (Å²) >= 11 is 3.06. The molecule has 1 amide bonds. The monoisotopic (exact) mass is 419 g/mol. The lowest BCUT2D eigenvalue weighted by atomic mass is 9.99. The highest BCUT2D eigenvalue weighted by Crippen LogP contribution is 2.45. The van der Waals surface area contributed by atoms with Crippen molar-refractivity contribution >= 4 is 40.1 Å². The molecule has 0 radical (unpaired) electrons. The lowest BCUT2D eigenvalue weighted by molar-refractivity contribution is -0.139. The lowest BCUT2D eigenvalue weighted by Gasteiger charge is -2.35. The van der Waals surface area contributed by atoms with Crippen LogP contribution in [-0.4, -0.2) is 34.6 Å². The standard InChI is InChI=1S/C20H25N3O3S2/c1-5-12(3)21-16(24)10-14-11-28-20-22-13(4)17(19(25)26-6-2)18(23(14)20)15-8-7-9-27-15/h7-9,11-12,18H,5-6,10H2,1-4H3,(H,21,24)/t12-,18-/m0/s1. The molecule has 1 N–H and O–H groups in total. The van der Waals surface area contributed by atoms with Gasteiger partial charge in [0.2, 0.25) is 5.91 Å². The number of amidine groups is 1. The zero-order valence-electron chi connectivity index (χ0n) is 16.5. The van der Waals surface area contributed by atoms with Crippen LogP contribution in [0.5, 0.6) is 0 Å². The molecule has 0 spiro atoms. The van der Waals surface area contributed by atoms with Crippen molar-refractivity contribution in [1.29, 1.82) is 0 Å². The SMILES string of the molecule is CCOC(=O)C1=C(C)N=C2SC=C(CC(=O)N[C@@H](C)CC)N2[C@H]1c1cccs1. The van der Waals surface area contributed by atoms with Crippen LogP contribution >= 0.6 is 23.1 Å². The van der Waals surface area contributed by atoms with E-state index in [0.29, 0.717) is 17.9 Å². The predicted octanol–water partition coefficient (Wildman–Crippen LogP) is 4.19. The zero-order valence-corrected chi connectivity index (χ0v) is 18.2. The van der Waals surface area contributed by atoms with Gasteiger partial charge in [0.25, 0.3) is 0 Å². The van der Waals surface area contributed by atoms with Crippen LogP contribution in [0, 0.1) is 0 Å². The van der Waals surface area contributed by atoms with Gasteiger partial charge in [0.05, 0.1) is 24.3 Å². The summed E-state index contributed by atoms with van der Waals surface area (Å²) in [5.74, 6) is -0.391. The van der Waals surface area contributed by atoms with E-state index < -0.39 is 0 Å². The summed E-state index contributed by atoms with van der Waals surface area (Å²) < 4.78 is 5.32. The fraction of sp³-hybridized carbons (Fsp3) is 0.450. The van der Waals surface area contributed by atoms with Crippen molar-refractivity contribution in [3.05, 3.63) is 44.8 Å². The van der Waals surface area contributed by atoms with Gasteiger partial charge in [0.1, 0.15) is 6.04 Å². The summed E-state index contributed by atoms with van der Waals surface area (Å²) in [5, 5.41) is 7.74. The topological polar surface area (TPSA) is 71.0 Å². The molecule has 0 aromatic carbocycles. The van der Waals surface area contributed by atoms with Crippen molar-refractivity contribution in [3.8, 4) is 0 Å². The van der Waals surface area contributed by atoms with Crippen LogP contribution in [0.25, 0.3) is 0 Å².